The van der Waals surface area contributed by atoms with Crippen LogP contribution < -0.4 is 4.90 Å². The lowest BCUT2D eigenvalue weighted by atomic mass is 9.96. The lowest BCUT2D eigenvalue weighted by molar-refractivity contribution is 0.123. The highest BCUT2D eigenvalue weighted by molar-refractivity contribution is 5.87. The number of pyridine rings is 1. The predicted octanol–water partition coefficient (Wildman–Crippen LogP) is 3.98. The summed E-state index contributed by atoms with van der Waals surface area (Å²) in [6.07, 6.45) is 3.72. The number of morpholine rings is 1. The van der Waals surface area contributed by atoms with Gasteiger partial charge in [-0.05, 0) is 32.9 Å². The summed E-state index contributed by atoms with van der Waals surface area (Å²) in [6.45, 7) is 9.38. The number of aryl methyl sites for hydroxylation is 1. The van der Waals surface area contributed by atoms with Crippen molar-refractivity contribution in [2.45, 2.75) is 27.3 Å². The largest absolute Gasteiger partial charge is 0.378 e. The maximum Gasteiger partial charge on any atom is 0.164 e. The number of anilines is 1. The van der Waals surface area contributed by atoms with Crippen molar-refractivity contribution in [2.24, 2.45) is 5.41 Å². The average molecular weight is 442 g/mol. The third-order valence-electron chi connectivity index (χ3n) is 5.90. The summed E-state index contributed by atoms with van der Waals surface area (Å²) in [4.78, 5) is 11.9. The normalized spacial score (nSPS) is 14.5. The first-order valence-electron chi connectivity index (χ1n) is 11.2. The lowest BCUT2D eigenvalue weighted by Crippen LogP contribution is -2.36. The number of ether oxygens (including phenoxy) is 1. The van der Waals surface area contributed by atoms with Gasteiger partial charge in [-0.3, -0.25) is 0 Å². The lowest BCUT2D eigenvalue weighted by Gasteiger charge is -2.29. The summed E-state index contributed by atoms with van der Waals surface area (Å²) in [5.74, 6) is 0.722. The zero-order valence-corrected chi connectivity index (χ0v) is 19.2. The van der Waals surface area contributed by atoms with Crippen molar-refractivity contribution in [1.82, 2.24) is 24.3 Å². The van der Waals surface area contributed by atoms with Crippen molar-refractivity contribution in [2.75, 3.05) is 31.2 Å². The fourth-order valence-corrected chi connectivity index (χ4v) is 4.15. The molecule has 1 fully saturated rings. The molecule has 0 saturated carbocycles. The summed E-state index contributed by atoms with van der Waals surface area (Å²) < 4.78 is 9.34. The van der Waals surface area contributed by atoms with Crippen molar-refractivity contribution in [3.8, 4) is 23.1 Å². The Morgan fingerprint density at radius 2 is 1.97 bits per heavy atom. The number of aromatic nitrogens is 5. The number of rotatable bonds is 5. The van der Waals surface area contributed by atoms with Gasteiger partial charge in [0.15, 0.2) is 11.5 Å². The van der Waals surface area contributed by atoms with Gasteiger partial charge in [0, 0.05) is 37.5 Å². The zero-order chi connectivity index (χ0) is 23.0. The van der Waals surface area contributed by atoms with Crippen LogP contribution in [0.25, 0.3) is 28.2 Å². The van der Waals surface area contributed by atoms with Crippen LogP contribution in [-0.2, 0) is 11.3 Å². The van der Waals surface area contributed by atoms with E-state index in [0.717, 1.165) is 47.0 Å². The van der Waals surface area contributed by atoms with Gasteiger partial charge in [-0.2, -0.15) is 10.4 Å². The minimum atomic E-state index is -0.533. The maximum absolute atomic E-state index is 9.55. The van der Waals surface area contributed by atoms with Crippen LogP contribution in [0.5, 0.6) is 0 Å². The highest BCUT2D eigenvalue weighted by Gasteiger charge is 2.23. The molecule has 1 aromatic carbocycles. The monoisotopic (exact) mass is 441 g/mol. The quantitative estimate of drug-likeness (QED) is 0.466. The van der Waals surface area contributed by atoms with Gasteiger partial charge in [-0.15, -0.1) is 0 Å². The minimum absolute atomic E-state index is 0.507. The second kappa shape index (κ2) is 8.34. The predicted molar refractivity (Wildman–Crippen MR) is 127 cm³/mol. The maximum atomic E-state index is 9.55. The number of hydrogen-bond acceptors (Lipinski definition) is 6. The van der Waals surface area contributed by atoms with Crippen LogP contribution in [0.4, 0.5) is 5.69 Å². The van der Waals surface area contributed by atoms with Gasteiger partial charge in [0.1, 0.15) is 5.52 Å². The number of imidazole rings is 1. The molecule has 0 atom stereocenters. The van der Waals surface area contributed by atoms with Gasteiger partial charge in [-0.1, -0.05) is 23.8 Å². The van der Waals surface area contributed by atoms with Crippen LogP contribution in [0.3, 0.4) is 0 Å². The highest BCUT2D eigenvalue weighted by atomic mass is 16.5. The van der Waals surface area contributed by atoms with E-state index in [4.69, 9.17) is 14.8 Å². The fraction of sp³-hybridized carbons (Fsp3) is 0.360. The van der Waals surface area contributed by atoms with E-state index in [2.05, 4.69) is 41.1 Å². The third-order valence-corrected chi connectivity index (χ3v) is 5.90. The summed E-state index contributed by atoms with van der Waals surface area (Å²) in [5, 5.41) is 14.4. The Bertz CT molecular complexity index is 1340. The number of hydrogen-bond donors (Lipinski definition) is 0. The highest BCUT2D eigenvalue weighted by Crippen LogP contribution is 2.30. The molecule has 1 aliphatic rings. The molecular weight excluding hydrogens is 414 g/mol. The molecule has 4 aromatic rings. The van der Waals surface area contributed by atoms with Gasteiger partial charge in [0.2, 0.25) is 0 Å². The van der Waals surface area contributed by atoms with E-state index in [-0.39, 0.29) is 0 Å². The molecule has 0 radical (unpaired) electrons. The van der Waals surface area contributed by atoms with E-state index in [1.165, 1.54) is 5.56 Å². The average Bonchev–Trinajstić information content (AvgIpc) is 3.47. The Labute approximate surface area is 193 Å². The Hall–Kier alpha value is -3.70. The Balaban J connectivity index is 1.62. The number of nitriles is 1. The van der Waals surface area contributed by atoms with Gasteiger partial charge in [0.25, 0.3) is 0 Å². The van der Waals surface area contributed by atoms with E-state index in [0.29, 0.717) is 19.8 Å². The number of benzene rings is 1. The number of fused-ring (bicyclic) bond motifs is 1. The van der Waals surface area contributed by atoms with Gasteiger partial charge < -0.3 is 14.2 Å². The summed E-state index contributed by atoms with van der Waals surface area (Å²) in [7, 11) is 0. The van der Waals surface area contributed by atoms with E-state index in [1.807, 2.05) is 47.5 Å². The molecule has 0 spiro atoms. The molecule has 0 unspecified atom stereocenters. The van der Waals surface area contributed by atoms with Crippen LogP contribution in [0.1, 0.15) is 19.4 Å². The molecule has 168 valence electrons. The zero-order valence-electron chi connectivity index (χ0n) is 19.2. The molecule has 0 amide bonds. The Morgan fingerprint density at radius 3 is 2.73 bits per heavy atom. The van der Waals surface area contributed by atoms with Crippen LogP contribution in [0, 0.1) is 23.7 Å². The number of nitrogens with zero attached hydrogens (tertiary/aromatic N) is 7. The summed E-state index contributed by atoms with van der Waals surface area (Å²) in [5.41, 5.74) is 5.23. The van der Waals surface area contributed by atoms with E-state index in [1.54, 1.807) is 6.33 Å². The van der Waals surface area contributed by atoms with Crippen molar-refractivity contribution >= 4 is 16.9 Å². The third kappa shape index (κ3) is 4.20. The van der Waals surface area contributed by atoms with Crippen molar-refractivity contribution in [3.05, 3.63) is 54.5 Å². The molecule has 0 aliphatic carbocycles. The van der Waals surface area contributed by atoms with E-state index >= 15 is 0 Å². The van der Waals surface area contributed by atoms with Crippen LogP contribution in [0.15, 0.2) is 48.9 Å². The molecule has 8 heteroatoms. The summed E-state index contributed by atoms with van der Waals surface area (Å²) >= 11 is 0. The second-order valence-corrected chi connectivity index (χ2v) is 9.15. The molecule has 1 aliphatic heterocycles. The molecule has 3 aromatic heterocycles. The van der Waals surface area contributed by atoms with Crippen molar-refractivity contribution < 1.29 is 4.74 Å². The first kappa shape index (κ1) is 21.2. The van der Waals surface area contributed by atoms with Gasteiger partial charge in [0.05, 0.1) is 42.4 Å². The fourth-order valence-electron chi connectivity index (χ4n) is 4.15. The standard InChI is InChI=1S/C25H27N7O/c1-18-5-4-6-19(13-18)20-7-8-32(29-20)22-14-21(30-9-11-33-12-10-30)23-24(28-22)31(17-27-23)16-25(2,3)15-26/h4-8,13-14,17H,9-12,16H2,1-3H3. The van der Waals surface area contributed by atoms with Gasteiger partial charge >= 0.3 is 0 Å². The van der Waals surface area contributed by atoms with Crippen molar-refractivity contribution in [3.63, 3.8) is 0 Å². The molecule has 5 rings (SSSR count). The van der Waals surface area contributed by atoms with Crippen LogP contribution in [-0.4, -0.2) is 50.6 Å². The minimum Gasteiger partial charge on any atom is -0.378 e. The first-order valence-corrected chi connectivity index (χ1v) is 11.2. The van der Waals surface area contributed by atoms with E-state index in [9.17, 15) is 5.26 Å². The molecular formula is C25H27N7O. The Kier molecular flexibility index (Phi) is 5.35. The van der Waals surface area contributed by atoms with E-state index < -0.39 is 5.41 Å². The molecule has 8 nitrogen and oxygen atoms in total. The molecule has 4 heterocycles. The molecule has 0 N–H and O–H groups in total. The topological polar surface area (TPSA) is 84.8 Å². The molecule has 1 saturated heterocycles. The molecule has 0 bridgehead atoms. The Morgan fingerprint density at radius 1 is 1.15 bits per heavy atom. The first-order chi connectivity index (χ1) is 15.9. The second-order valence-electron chi connectivity index (χ2n) is 9.15. The van der Waals surface area contributed by atoms with Gasteiger partial charge in [-0.25, -0.2) is 14.6 Å². The van der Waals surface area contributed by atoms with Crippen molar-refractivity contribution in [1.29, 1.82) is 5.26 Å². The molecule has 33 heavy (non-hydrogen) atoms. The van der Waals surface area contributed by atoms with Crippen LogP contribution >= 0.6 is 0 Å². The van der Waals surface area contributed by atoms with Crippen LogP contribution in [0.2, 0.25) is 0 Å². The SMILES string of the molecule is Cc1cccc(-c2ccn(-c3cc(N4CCOCC4)c4ncn(CC(C)(C)C#N)c4n3)n2)c1. The smallest absolute Gasteiger partial charge is 0.164 e. The summed E-state index contributed by atoms with van der Waals surface area (Å²) in [6, 6.07) is 14.7.